The summed E-state index contributed by atoms with van der Waals surface area (Å²) in [5.41, 5.74) is 5.03. The monoisotopic (exact) mass is 592 g/mol. The summed E-state index contributed by atoms with van der Waals surface area (Å²) >= 11 is 6.70. The topological polar surface area (TPSA) is 42.3 Å². The number of aromatic nitrogens is 1. The summed E-state index contributed by atoms with van der Waals surface area (Å²) in [6.07, 6.45) is 1.83. The van der Waals surface area contributed by atoms with Crippen LogP contribution >= 0.6 is 50.3 Å². The zero-order valence-corrected chi connectivity index (χ0v) is 20.9. The van der Waals surface area contributed by atoms with Crippen molar-refractivity contribution in [2.24, 2.45) is 0 Å². The zero-order chi connectivity index (χ0) is 21.4. The molecule has 3 aromatic rings. The SMILES string of the molecule is Cc1cc(/C=C2\SC(=O)N(Cc3ccc(I)cc3)C2=O)c(C)n1-c1ccc(Br)cc1. The number of amides is 2. The van der Waals surface area contributed by atoms with Crippen LogP contribution in [0, 0.1) is 17.4 Å². The van der Waals surface area contributed by atoms with Crippen LogP contribution in [0.4, 0.5) is 4.79 Å². The van der Waals surface area contributed by atoms with Crippen LogP contribution in [0.1, 0.15) is 22.5 Å². The lowest BCUT2D eigenvalue weighted by Crippen LogP contribution is -2.27. The van der Waals surface area contributed by atoms with Crippen LogP contribution in [0.25, 0.3) is 11.8 Å². The molecule has 2 aromatic carbocycles. The molecule has 0 radical (unpaired) electrons. The van der Waals surface area contributed by atoms with Gasteiger partial charge in [-0.3, -0.25) is 14.5 Å². The number of thioether (sulfide) groups is 1. The molecule has 0 aliphatic carbocycles. The molecule has 1 saturated heterocycles. The van der Waals surface area contributed by atoms with Crippen molar-refractivity contribution in [1.82, 2.24) is 9.47 Å². The highest BCUT2D eigenvalue weighted by Crippen LogP contribution is 2.34. The minimum atomic E-state index is -0.239. The van der Waals surface area contributed by atoms with E-state index in [1.54, 1.807) is 0 Å². The molecule has 0 bridgehead atoms. The lowest BCUT2D eigenvalue weighted by Gasteiger charge is -2.12. The van der Waals surface area contributed by atoms with Gasteiger partial charge in [0.2, 0.25) is 0 Å². The van der Waals surface area contributed by atoms with Gasteiger partial charge in [-0.25, -0.2) is 0 Å². The molecule has 4 rings (SSSR count). The quantitative estimate of drug-likeness (QED) is 0.250. The third-order valence-electron chi connectivity index (χ3n) is 4.97. The second-order valence-electron chi connectivity index (χ2n) is 7.03. The summed E-state index contributed by atoms with van der Waals surface area (Å²) < 4.78 is 4.29. The fraction of sp³-hybridized carbons (Fsp3) is 0.130. The van der Waals surface area contributed by atoms with Gasteiger partial charge in [-0.05, 0) is 108 Å². The van der Waals surface area contributed by atoms with E-state index in [9.17, 15) is 9.59 Å². The summed E-state index contributed by atoms with van der Waals surface area (Å²) in [6.45, 7) is 4.35. The van der Waals surface area contributed by atoms with Gasteiger partial charge < -0.3 is 4.57 Å². The van der Waals surface area contributed by atoms with Gasteiger partial charge in [0.25, 0.3) is 11.1 Å². The Balaban J connectivity index is 1.61. The smallest absolute Gasteiger partial charge is 0.293 e. The summed E-state index contributed by atoms with van der Waals surface area (Å²) in [7, 11) is 0. The van der Waals surface area contributed by atoms with E-state index in [1.165, 1.54) is 4.90 Å². The third-order valence-corrected chi connectivity index (χ3v) is 7.12. The van der Waals surface area contributed by atoms with Crippen molar-refractivity contribution < 1.29 is 9.59 Å². The van der Waals surface area contributed by atoms with Crippen LogP contribution in [0.15, 0.2) is 64.0 Å². The molecule has 1 aliphatic rings. The van der Waals surface area contributed by atoms with E-state index in [4.69, 9.17) is 0 Å². The predicted molar refractivity (Wildman–Crippen MR) is 134 cm³/mol. The van der Waals surface area contributed by atoms with E-state index in [-0.39, 0.29) is 17.7 Å². The fourth-order valence-electron chi connectivity index (χ4n) is 3.47. The molecule has 4 nitrogen and oxygen atoms in total. The summed E-state index contributed by atoms with van der Waals surface area (Å²) in [4.78, 5) is 27.2. The van der Waals surface area contributed by atoms with Gasteiger partial charge in [-0.15, -0.1) is 0 Å². The van der Waals surface area contributed by atoms with Crippen LogP contribution in [0.2, 0.25) is 0 Å². The number of benzene rings is 2. The maximum absolute atomic E-state index is 12.9. The molecule has 0 saturated carbocycles. The average Bonchev–Trinajstić information content (AvgIpc) is 3.14. The van der Waals surface area contributed by atoms with Crippen LogP contribution in [0.5, 0.6) is 0 Å². The van der Waals surface area contributed by atoms with Crippen LogP contribution in [0.3, 0.4) is 0 Å². The summed E-state index contributed by atoms with van der Waals surface area (Å²) in [5, 5.41) is -0.230. The number of imide groups is 1. The Labute approximate surface area is 201 Å². The molecule has 2 heterocycles. The van der Waals surface area contributed by atoms with Gasteiger partial charge >= 0.3 is 0 Å². The van der Waals surface area contributed by atoms with E-state index in [0.29, 0.717) is 4.91 Å². The molecule has 1 fully saturated rings. The number of halogens is 2. The standard InChI is InChI=1S/C23H18BrIN2O2S/c1-14-11-17(15(2)27(14)20-9-5-18(24)6-10-20)12-21-22(28)26(23(29)30-21)13-16-3-7-19(25)8-4-16/h3-12H,13H2,1-2H3/b21-12-. The van der Waals surface area contributed by atoms with Gasteiger partial charge in [0, 0.05) is 25.1 Å². The Hall–Kier alpha value is -1.84. The molecule has 30 heavy (non-hydrogen) atoms. The normalized spacial score (nSPS) is 15.5. The van der Waals surface area contributed by atoms with Crippen molar-refractivity contribution in [3.05, 3.63) is 90.1 Å². The highest BCUT2D eigenvalue weighted by Gasteiger charge is 2.35. The molecule has 152 valence electrons. The van der Waals surface area contributed by atoms with Crippen molar-refractivity contribution in [3.8, 4) is 5.69 Å². The first-order valence-electron chi connectivity index (χ1n) is 9.28. The Kier molecular flexibility index (Phi) is 6.22. The fourth-order valence-corrected chi connectivity index (χ4v) is 4.92. The number of hydrogen-bond acceptors (Lipinski definition) is 3. The number of carbonyl (C=O) groups excluding carboxylic acids is 2. The number of rotatable bonds is 4. The lowest BCUT2D eigenvalue weighted by atomic mass is 10.2. The second kappa shape index (κ2) is 8.72. The maximum atomic E-state index is 12.9. The van der Waals surface area contributed by atoms with E-state index in [0.717, 1.165) is 48.0 Å². The van der Waals surface area contributed by atoms with Gasteiger partial charge in [0.15, 0.2) is 0 Å². The minimum Gasteiger partial charge on any atom is -0.318 e. The second-order valence-corrected chi connectivity index (χ2v) is 10.2. The number of carbonyl (C=O) groups is 2. The van der Waals surface area contributed by atoms with E-state index in [1.807, 2.05) is 74.5 Å². The molecule has 2 amide bonds. The number of hydrogen-bond donors (Lipinski definition) is 0. The molecule has 7 heteroatoms. The average molecular weight is 593 g/mol. The molecule has 0 unspecified atom stereocenters. The molecule has 1 aliphatic heterocycles. The first-order valence-corrected chi connectivity index (χ1v) is 12.0. The first-order chi connectivity index (χ1) is 14.3. The van der Waals surface area contributed by atoms with E-state index < -0.39 is 0 Å². The molecule has 0 N–H and O–H groups in total. The van der Waals surface area contributed by atoms with Crippen molar-refractivity contribution in [3.63, 3.8) is 0 Å². The lowest BCUT2D eigenvalue weighted by molar-refractivity contribution is -0.123. The molecular formula is C23H18BrIN2O2S. The number of aryl methyl sites for hydroxylation is 1. The van der Waals surface area contributed by atoms with Crippen molar-refractivity contribution in [2.75, 3.05) is 0 Å². The van der Waals surface area contributed by atoms with E-state index in [2.05, 4.69) is 43.1 Å². The van der Waals surface area contributed by atoms with Gasteiger partial charge in [0.05, 0.1) is 11.4 Å². The Morgan fingerprint density at radius 2 is 1.70 bits per heavy atom. The van der Waals surface area contributed by atoms with Crippen molar-refractivity contribution >= 4 is 67.5 Å². The van der Waals surface area contributed by atoms with Crippen molar-refractivity contribution in [1.29, 1.82) is 0 Å². The highest BCUT2D eigenvalue weighted by atomic mass is 127. The van der Waals surface area contributed by atoms with Crippen molar-refractivity contribution in [2.45, 2.75) is 20.4 Å². The number of nitrogens with zero attached hydrogens (tertiary/aromatic N) is 2. The molecule has 0 atom stereocenters. The highest BCUT2D eigenvalue weighted by molar-refractivity contribution is 14.1. The Morgan fingerprint density at radius 3 is 2.37 bits per heavy atom. The molecular weight excluding hydrogens is 575 g/mol. The predicted octanol–water partition coefficient (Wildman–Crippen LogP) is 6.70. The maximum Gasteiger partial charge on any atom is 0.293 e. The van der Waals surface area contributed by atoms with Gasteiger partial charge in [-0.2, -0.15) is 0 Å². The largest absolute Gasteiger partial charge is 0.318 e. The Bertz CT molecular complexity index is 1170. The first kappa shape index (κ1) is 21.4. The zero-order valence-electron chi connectivity index (χ0n) is 16.4. The molecule has 0 spiro atoms. The third kappa shape index (κ3) is 4.29. The summed E-state index contributed by atoms with van der Waals surface area (Å²) in [5.74, 6) is -0.239. The minimum absolute atomic E-state index is 0.230. The van der Waals surface area contributed by atoms with Crippen LogP contribution in [-0.4, -0.2) is 20.6 Å². The van der Waals surface area contributed by atoms with Crippen LogP contribution < -0.4 is 0 Å². The molecule has 1 aromatic heterocycles. The van der Waals surface area contributed by atoms with Gasteiger partial charge in [0.1, 0.15) is 0 Å². The van der Waals surface area contributed by atoms with E-state index >= 15 is 0 Å². The summed E-state index contributed by atoms with van der Waals surface area (Å²) in [6, 6.07) is 18.0. The van der Waals surface area contributed by atoms with Crippen LogP contribution in [-0.2, 0) is 11.3 Å². The van der Waals surface area contributed by atoms with Gasteiger partial charge in [-0.1, -0.05) is 28.1 Å². The Morgan fingerprint density at radius 1 is 1.03 bits per heavy atom.